The third kappa shape index (κ3) is 3.29. The van der Waals surface area contributed by atoms with E-state index in [0.29, 0.717) is 20.8 Å². The number of halogens is 2. The Balaban J connectivity index is 2.17. The molecule has 0 N–H and O–H groups in total. The van der Waals surface area contributed by atoms with Gasteiger partial charge in [0.25, 0.3) is 0 Å². The van der Waals surface area contributed by atoms with Crippen molar-refractivity contribution in [3.05, 3.63) is 40.1 Å². The summed E-state index contributed by atoms with van der Waals surface area (Å²) in [5.74, 6) is -0.0605. The van der Waals surface area contributed by atoms with Crippen LogP contribution in [0.15, 0.2) is 29.7 Å². The van der Waals surface area contributed by atoms with Gasteiger partial charge in [-0.3, -0.25) is 4.79 Å². The minimum Gasteiger partial charge on any atom is -0.312 e. The first-order valence-electron chi connectivity index (χ1n) is 5.49. The molecule has 0 aliphatic rings. The number of rotatable bonds is 4. The standard InChI is InChI=1S/C12H11Cl2N3OS/c1-7(19-12-16-15-6-17(12)2)11(18)9-4-3-8(13)5-10(9)14/h3-7H,1-2H3. The van der Waals surface area contributed by atoms with Gasteiger partial charge >= 0.3 is 0 Å². The highest BCUT2D eigenvalue weighted by molar-refractivity contribution is 8.00. The second-order valence-corrected chi connectivity index (χ2v) is 6.12. The molecule has 0 aliphatic carbocycles. The molecule has 0 aliphatic heterocycles. The molecule has 0 bridgehead atoms. The lowest BCUT2D eigenvalue weighted by Gasteiger charge is -2.10. The molecule has 1 aromatic heterocycles. The molecule has 100 valence electrons. The third-order valence-corrected chi connectivity index (χ3v) is 4.21. The van der Waals surface area contributed by atoms with Crippen molar-refractivity contribution in [2.45, 2.75) is 17.3 Å². The smallest absolute Gasteiger partial charge is 0.191 e. The molecule has 0 radical (unpaired) electrons. The van der Waals surface area contributed by atoms with Gasteiger partial charge in [-0.05, 0) is 25.1 Å². The summed E-state index contributed by atoms with van der Waals surface area (Å²) in [6, 6.07) is 4.86. The molecular weight excluding hydrogens is 305 g/mol. The number of carbonyl (C=O) groups is 1. The Morgan fingerprint density at radius 3 is 2.74 bits per heavy atom. The topological polar surface area (TPSA) is 47.8 Å². The van der Waals surface area contributed by atoms with E-state index in [9.17, 15) is 4.79 Å². The van der Waals surface area contributed by atoms with Crippen LogP contribution in [0.4, 0.5) is 0 Å². The SMILES string of the molecule is CC(Sc1nncn1C)C(=O)c1ccc(Cl)cc1Cl. The molecule has 0 amide bonds. The maximum Gasteiger partial charge on any atom is 0.191 e. The van der Waals surface area contributed by atoms with Crippen LogP contribution < -0.4 is 0 Å². The van der Waals surface area contributed by atoms with Crippen molar-refractivity contribution in [3.8, 4) is 0 Å². The number of aryl methyl sites for hydroxylation is 1. The van der Waals surface area contributed by atoms with Crippen LogP contribution in [0, 0.1) is 0 Å². The molecule has 19 heavy (non-hydrogen) atoms. The zero-order chi connectivity index (χ0) is 14.0. The van der Waals surface area contributed by atoms with Gasteiger partial charge in [-0.25, -0.2) is 0 Å². The Bertz CT molecular complexity index is 615. The van der Waals surface area contributed by atoms with Crippen LogP contribution in [0.5, 0.6) is 0 Å². The quantitative estimate of drug-likeness (QED) is 0.640. The lowest BCUT2D eigenvalue weighted by atomic mass is 10.1. The number of ketones is 1. The fourth-order valence-electron chi connectivity index (χ4n) is 1.50. The van der Waals surface area contributed by atoms with Crippen LogP contribution in [-0.4, -0.2) is 25.8 Å². The van der Waals surface area contributed by atoms with Crippen molar-refractivity contribution in [1.29, 1.82) is 0 Å². The van der Waals surface area contributed by atoms with Crippen LogP contribution in [-0.2, 0) is 7.05 Å². The van der Waals surface area contributed by atoms with Gasteiger partial charge in [0.1, 0.15) is 6.33 Å². The van der Waals surface area contributed by atoms with E-state index >= 15 is 0 Å². The highest BCUT2D eigenvalue weighted by atomic mass is 35.5. The van der Waals surface area contributed by atoms with Gasteiger partial charge in [-0.2, -0.15) is 0 Å². The lowest BCUT2D eigenvalue weighted by molar-refractivity contribution is 0.0994. The van der Waals surface area contributed by atoms with Crippen LogP contribution in [0.3, 0.4) is 0 Å². The van der Waals surface area contributed by atoms with Gasteiger partial charge < -0.3 is 4.57 Å². The number of benzene rings is 1. The van der Waals surface area contributed by atoms with E-state index in [1.54, 1.807) is 29.1 Å². The molecule has 1 heterocycles. The number of thioether (sulfide) groups is 1. The first kappa shape index (κ1) is 14.4. The molecular formula is C12H11Cl2N3OS. The van der Waals surface area contributed by atoms with Crippen molar-refractivity contribution in [1.82, 2.24) is 14.8 Å². The van der Waals surface area contributed by atoms with E-state index in [4.69, 9.17) is 23.2 Å². The second kappa shape index (κ2) is 5.94. The molecule has 1 unspecified atom stereocenters. The zero-order valence-corrected chi connectivity index (χ0v) is 12.6. The van der Waals surface area contributed by atoms with Gasteiger partial charge in [-0.1, -0.05) is 35.0 Å². The van der Waals surface area contributed by atoms with E-state index in [-0.39, 0.29) is 11.0 Å². The number of hydrogen-bond donors (Lipinski definition) is 0. The highest BCUT2D eigenvalue weighted by Crippen LogP contribution is 2.27. The van der Waals surface area contributed by atoms with E-state index < -0.39 is 0 Å². The predicted octanol–water partition coefficient (Wildman–Crippen LogP) is 3.49. The van der Waals surface area contributed by atoms with Crippen molar-refractivity contribution in [3.63, 3.8) is 0 Å². The van der Waals surface area contributed by atoms with Gasteiger partial charge in [0, 0.05) is 17.6 Å². The number of carbonyl (C=O) groups excluding carboxylic acids is 1. The molecule has 0 fully saturated rings. The first-order chi connectivity index (χ1) is 8.99. The van der Waals surface area contributed by atoms with Crippen molar-refractivity contribution in [2.24, 2.45) is 7.05 Å². The Labute approximate surface area is 125 Å². The van der Waals surface area contributed by atoms with E-state index in [1.165, 1.54) is 11.8 Å². The van der Waals surface area contributed by atoms with Gasteiger partial charge in [0.15, 0.2) is 10.9 Å². The molecule has 1 aromatic carbocycles. The Kier molecular flexibility index (Phi) is 4.50. The first-order valence-corrected chi connectivity index (χ1v) is 7.12. The van der Waals surface area contributed by atoms with Gasteiger partial charge in [0.05, 0.1) is 10.3 Å². The fraction of sp³-hybridized carbons (Fsp3) is 0.250. The third-order valence-electron chi connectivity index (χ3n) is 2.52. The van der Waals surface area contributed by atoms with Crippen molar-refractivity contribution >= 4 is 40.7 Å². The van der Waals surface area contributed by atoms with Crippen molar-refractivity contribution in [2.75, 3.05) is 0 Å². The van der Waals surface area contributed by atoms with Crippen LogP contribution in [0.25, 0.3) is 0 Å². The van der Waals surface area contributed by atoms with E-state index in [2.05, 4.69) is 10.2 Å². The average Bonchev–Trinajstić information content (AvgIpc) is 2.74. The molecule has 0 spiro atoms. The second-order valence-electron chi connectivity index (χ2n) is 3.97. The fourth-order valence-corrected chi connectivity index (χ4v) is 2.86. The average molecular weight is 316 g/mol. The number of aromatic nitrogens is 3. The zero-order valence-electron chi connectivity index (χ0n) is 10.3. The summed E-state index contributed by atoms with van der Waals surface area (Å²) in [5.41, 5.74) is 0.466. The number of hydrogen-bond acceptors (Lipinski definition) is 4. The largest absolute Gasteiger partial charge is 0.312 e. The maximum absolute atomic E-state index is 12.3. The van der Waals surface area contributed by atoms with E-state index in [0.717, 1.165) is 0 Å². The molecule has 2 rings (SSSR count). The van der Waals surface area contributed by atoms with Crippen LogP contribution in [0.1, 0.15) is 17.3 Å². The maximum atomic E-state index is 12.3. The lowest BCUT2D eigenvalue weighted by Crippen LogP contribution is -2.14. The summed E-state index contributed by atoms with van der Waals surface area (Å²) in [4.78, 5) is 12.3. The molecule has 0 saturated carbocycles. The Morgan fingerprint density at radius 2 is 2.16 bits per heavy atom. The molecule has 2 aromatic rings. The minimum absolute atomic E-state index is 0.0605. The van der Waals surface area contributed by atoms with Gasteiger partial charge in [0.2, 0.25) is 0 Å². The predicted molar refractivity (Wildman–Crippen MR) is 77.1 cm³/mol. The monoisotopic (exact) mass is 315 g/mol. The normalized spacial score (nSPS) is 12.4. The number of Topliss-reactive ketones (excluding diaryl/α,β-unsaturated/α-hetero) is 1. The highest BCUT2D eigenvalue weighted by Gasteiger charge is 2.20. The molecule has 4 nitrogen and oxygen atoms in total. The summed E-state index contributed by atoms with van der Waals surface area (Å²) < 4.78 is 1.76. The van der Waals surface area contributed by atoms with Crippen LogP contribution >= 0.6 is 35.0 Å². The molecule has 1 atom stereocenters. The summed E-state index contributed by atoms with van der Waals surface area (Å²) >= 11 is 13.2. The molecule has 7 heteroatoms. The summed E-state index contributed by atoms with van der Waals surface area (Å²) in [6.07, 6.45) is 1.59. The summed E-state index contributed by atoms with van der Waals surface area (Å²) in [6.45, 7) is 1.81. The van der Waals surface area contributed by atoms with Crippen molar-refractivity contribution < 1.29 is 4.79 Å². The van der Waals surface area contributed by atoms with Gasteiger partial charge in [-0.15, -0.1) is 10.2 Å². The molecule has 0 saturated heterocycles. The number of nitrogens with zero attached hydrogens (tertiary/aromatic N) is 3. The van der Waals surface area contributed by atoms with Crippen LogP contribution in [0.2, 0.25) is 10.0 Å². The summed E-state index contributed by atoms with van der Waals surface area (Å²) in [5, 5.41) is 8.97. The minimum atomic E-state index is -0.304. The Morgan fingerprint density at radius 1 is 1.42 bits per heavy atom. The van der Waals surface area contributed by atoms with E-state index in [1.807, 2.05) is 14.0 Å². The summed E-state index contributed by atoms with van der Waals surface area (Å²) in [7, 11) is 1.83. The Hall–Kier alpha value is -1.04.